The predicted octanol–water partition coefficient (Wildman–Crippen LogP) is 3.23. The summed E-state index contributed by atoms with van der Waals surface area (Å²) in [5.74, 6) is -0.782. The monoisotopic (exact) mass is 365 g/mol. The Morgan fingerprint density at radius 1 is 1.12 bits per heavy atom. The zero-order chi connectivity index (χ0) is 19.0. The van der Waals surface area contributed by atoms with Gasteiger partial charge in [0.1, 0.15) is 6.04 Å². The molecule has 0 fully saturated rings. The van der Waals surface area contributed by atoms with Crippen molar-refractivity contribution < 1.29 is 19.5 Å². The number of carboxylic acid groups (broad SMARTS) is 1. The van der Waals surface area contributed by atoms with Crippen molar-refractivity contribution in [2.75, 3.05) is 5.75 Å². The van der Waals surface area contributed by atoms with E-state index in [-0.39, 0.29) is 17.5 Å². The Bertz CT molecular complexity index is 598. The minimum atomic E-state index is -1.09. The summed E-state index contributed by atoms with van der Waals surface area (Å²) in [7, 11) is 0. The van der Waals surface area contributed by atoms with Crippen molar-refractivity contribution in [3.05, 3.63) is 35.4 Å². The minimum absolute atomic E-state index is 0.00331. The molecule has 0 aliphatic heterocycles. The number of hydrogen-bond donors (Lipinski definition) is 2. The number of carbonyl (C=O) groups excluding carboxylic acids is 2. The Kier molecular flexibility index (Phi) is 8.69. The van der Waals surface area contributed by atoms with Crippen molar-refractivity contribution in [2.24, 2.45) is 5.92 Å². The van der Waals surface area contributed by atoms with Crippen molar-refractivity contribution >= 4 is 28.8 Å². The molecule has 138 valence electrons. The highest BCUT2D eigenvalue weighted by molar-refractivity contribution is 8.13. The van der Waals surface area contributed by atoms with Gasteiger partial charge in [0, 0.05) is 12.7 Å². The summed E-state index contributed by atoms with van der Waals surface area (Å²) in [5.41, 5.74) is 2.22. The van der Waals surface area contributed by atoms with Gasteiger partial charge in [0.15, 0.2) is 5.12 Å². The van der Waals surface area contributed by atoms with Crippen LogP contribution in [-0.2, 0) is 20.8 Å². The van der Waals surface area contributed by atoms with Crippen molar-refractivity contribution in [1.82, 2.24) is 5.32 Å². The molecule has 2 N–H and O–H groups in total. The molecule has 0 saturated heterocycles. The molecule has 6 heteroatoms. The van der Waals surface area contributed by atoms with E-state index >= 15 is 0 Å². The maximum absolute atomic E-state index is 12.3. The number of carbonyl (C=O) groups is 3. The van der Waals surface area contributed by atoms with E-state index in [4.69, 9.17) is 5.11 Å². The summed E-state index contributed by atoms with van der Waals surface area (Å²) in [6.07, 6.45) is 1.22. The van der Waals surface area contributed by atoms with E-state index in [0.29, 0.717) is 11.7 Å². The van der Waals surface area contributed by atoms with Crippen molar-refractivity contribution in [2.45, 2.75) is 52.5 Å². The van der Waals surface area contributed by atoms with Gasteiger partial charge in [0.05, 0.1) is 5.92 Å². The second-order valence-corrected chi connectivity index (χ2v) is 7.71. The molecule has 0 radical (unpaired) electrons. The standard InChI is InChI=1S/C19H27NO4S/c1-12(2)11-15-5-7-16(8-6-15)13(3)19(24)25-10-9-17(18(22)23)20-14(4)21/h5-8,12-13,17H,9-11H2,1-4H3,(H,20,21)(H,22,23). The first-order valence-corrected chi connectivity index (χ1v) is 9.44. The van der Waals surface area contributed by atoms with Crippen LogP contribution in [0.15, 0.2) is 24.3 Å². The fraction of sp³-hybridized carbons (Fsp3) is 0.526. The molecule has 0 aliphatic carbocycles. The van der Waals surface area contributed by atoms with Crippen molar-refractivity contribution in [3.8, 4) is 0 Å². The maximum Gasteiger partial charge on any atom is 0.326 e. The predicted molar refractivity (Wildman–Crippen MR) is 101 cm³/mol. The molecule has 1 amide bonds. The number of hydrogen-bond acceptors (Lipinski definition) is 4. The summed E-state index contributed by atoms with van der Waals surface area (Å²) >= 11 is 1.11. The molecule has 1 rings (SSSR count). The molecule has 0 aromatic heterocycles. The average molecular weight is 365 g/mol. The molecule has 25 heavy (non-hydrogen) atoms. The lowest BCUT2D eigenvalue weighted by atomic mass is 9.97. The first kappa shape index (κ1) is 21.2. The zero-order valence-corrected chi connectivity index (χ0v) is 16.1. The third kappa shape index (κ3) is 7.73. The Labute approximate surface area is 153 Å². The number of carboxylic acids is 1. The summed E-state index contributed by atoms with van der Waals surface area (Å²) in [4.78, 5) is 34.4. The lowest BCUT2D eigenvalue weighted by Gasteiger charge is -2.14. The Hall–Kier alpha value is -1.82. The van der Waals surface area contributed by atoms with Gasteiger partial charge in [-0.2, -0.15) is 0 Å². The highest BCUT2D eigenvalue weighted by Gasteiger charge is 2.20. The molecule has 0 spiro atoms. The minimum Gasteiger partial charge on any atom is -0.480 e. The van der Waals surface area contributed by atoms with Gasteiger partial charge in [-0.25, -0.2) is 4.79 Å². The van der Waals surface area contributed by atoms with E-state index in [2.05, 4.69) is 31.3 Å². The molecule has 0 aliphatic rings. The third-order valence-electron chi connectivity index (χ3n) is 3.80. The second-order valence-electron chi connectivity index (χ2n) is 6.61. The first-order chi connectivity index (χ1) is 11.7. The third-order valence-corrected chi connectivity index (χ3v) is 4.88. The van der Waals surface area contributed by atoms with Gasteiger partial charge in [-0.05, 0) is 29.9 Å². The van der Waals surface area contributed by atoms with Gasteiger partial charge in [-0.1, -0.05) is 56.8 Å². The van der Waals surface area contributed by atoms with E-state index in [0.717, 1.165) is 23.7 Å². The largest absolute Gasteiger partial charge is 0.480 e. The lowest BCUT2D eigenvalue weighted by Crippen LogP contribution is -2.40. The molecule has 1 aromatic rings. The van der Waals surface area contributed by atoms with Gasteiger partial charge >= 0.3 is 5.97 Å². The summed E-state index contributed by atoms with van der Waals surface area (Å²) in [6, 6.07) is 7.13. The Balaban J connectivity index is 2.53. The SMILES string of the molecule is CC(=O)NC(CCSC(=O)C(C)c1ccc(CC(C)C)cc1)C(=O)O. The molecule has 2 atom stereocenters. The van der Waals surface area contributed by atoms with Crippen LogP contribution in [0.2, 0.25) is 0 Å². The van der Waals surface area contributed by atoms with E-state index in [9.17, 15) is 14.4 Å². The van der Waals surface area contributed by atoms with E-state index in [1.54, 1.807) is 0 Å². The van der Waals surface area contributed by atoms with Crippen LogP contribution >= 0.6 is 11.8 Å². The molecule has 0 bridgehead atoms. The summed E-state index contributed by atoms with van der Waals surface area (Å²) in [6.45, 7) is 7.47. The molecule has 0 saturated carbocycles. The normalized spacial score (nSPS) is 13.3. The van der Waals surface area contributed by atoms with Crippen LogP contribution in [0.25, 0.3) is 0 Å². The van der Waals surface area contributed by atoms with Crippen molar-refractivity contribution in [1.29, 1.82) is 0 Å². The highest BCUT2D eigenvalue weighted by Crippen LogP contribution is 2.24. The molecular formula is C19H27NO4S. The Morgan fingerprint density at radius 2 is 1.72 bits per heavy atom. The lowest BCUT2D eigenvalue weighted by molar-refractivity contribution is -0.141. The van der Waals surface area contributed by atoms with Gasteiger partial charge in [0.2, 0.25) is 5.91 Å². The molecule has 5 nitrogen and oxygen atoms in total. The number of benzene rings is 1. The topological polar surface area (TPSA) is 83.5 Å². The van der Waals surface area contributed by atoms with Crippen LogP contribution in [0, 0.1) is 5.92 Å². The van der Waals surface area contributed by atoms with Crippen LogP contribution < -0.4 is 5.32 Å². The van der Waals surface area contributed by atoms with Crippen molar-refractivity contribution in [3.63, 3.8) is 0 Å². The molecule has 1 aromatic carbocycles. The Morgan fingerprint density at radius 3 is 2.20 bits per heavy atom. The van der Waals surface area contributed by atoms with Gasteiger partial charge in [0.25, 0.3) is 0 Å². The summed E-state index contributed by atoms with van der Waals surface area (Å²) < 4.78 is 0. The quantitative estimate of drug-likeness (QED) is 0.702. The number of aliphatic carboxylic acids is 1. The zero-order valence-electron chi connectivity index (χ0n) is 15.2. The van der Waals surface area contributed by atoms with Crippen LogP contribution in [0.5, 0.6) is 0 Å². The van der Waals surface area contributed by atoms with E-state index < -0.39 is 17.9 Å². The summed E-state index contributed by atoms with van der Waals surface area (Å²) in [5, 5.41) is 11.4. The fourth-order valence-corrected chi connectivity index (χ4v) is 3.40. The highest BCUT2D eigenvalue weighted by atomic mass is 32.2. The number of nitrogens with one attached hydrogen (secondary N) is 1. The second kappa shape index (κ2) is 10.2. The van der Waals surface area contributed by atoms with Crippen LogP contribution in [0.4, 0.5) is 0 Å². The average Bonchev–Trinajstić information content (AvgIpc) is 2.52. The molecular weight excluding hydrogens is 338 g/mol. The van der Waals surface area contributed by atoms with E-state index in [1.807, 2.05) is 19.1 Å². The van der Waals surface area contributed by atoms with Crippen LogP contribution in [0.1, 0.15) is 51.2 Å². The van der Waals surface area contributed by atoms with Gasteiger partial charge in [-0.15, -0.1) is 0 Å². The van der Waals surface area contributed by atoms with E-state index in [1.165, 1.54) is 12.5 Å². The molecule has 2 unspecified atom stereocenters. The number of thioether (sulfide) groups is 1. The van der Waals surface area contributed by atoms with Crippen LogP contribution in [0.3, 0.4) is 0 Å². The molecule has 0 heterocycles. The smallest absolute Gasteiger partial charge is 0.326 e. The number of rotatable bonds is 9. The van der Waals surface area contributed by atoms with Gasteiger partial charge < -0.3 is 10.4 Å². The first-order valence-electron chi connectivity index (χ1n) is 8.46. The number of amides is 1. The fourth-order valence-electron chi connectivity index (χ4n) is 2.45. The van der Waals surface area contributed by atoms with Gasteiger partial charge in [-0.3, -0.25) is 9.59 Å². The maximum atomic E-state index is 12.3. The van der Waals surface area contributed by atoms with Crippen LogP contribution in [-0.4, -0.2) is 33.9 Å².